The number of hydrogen-bond donors (Lipinski definition) is 1. The van der Waals surface area contributed by atoms with Gasteiger partial charge in [0.2, 0.25) is 5.91 Å². The molecule has 1 atom stereocenters. The largest absolute Gasteiger partial charge is 0.355 e. The summed E-state index contributed by atoms with van der Waals surface area (Å²) in [6.45, 7) is 4.17. The Morgan fingerprint density at radius 1 is 1.56 bits per heavy atom. The van der Waals surface area contributed by atoms with Crippen molar-refractivity contribution in [2.45, 2.75) is 45.1 Å². The third-order valence-electron chi connectivity index (χ3n) is 3.05. The summed E-state index contributed by atoms with van der Waals surface area (Å²) in [6.07, 6.45) is 6.01. The van der Waals surface area contributed by atoms with Crippen LogP contribution >= 0.6 is 0 Å². The molecule has 0 aromatic rings. The molecule has 0 aliphatic carbocycles. The molecule has 92 valence electrons. The molecule has 0 spiro atoms. The summed E-state index contributed by atoms with van der Waals surface area (Å²) >= 11 is 0. The molecule has 1 fully saturated rings. The van der Waals surface area contributed by atoms with E-state index in [4.69, 9.17) is 0 Å². The van der Waals surface area contributed by atoms with Gasteiger partial charge in [-0.1, -0.05) is 13.3 Å². The molecule has 0 bridgehead atoms. The van der Waals surface area contributed by atoms with Crippen molar-refractivity contribution >= 4 is 12.2 Å². The quantitative estimate of drug-likeness (QED) is 0.307. The molecule has 0 aromatic carbocycles. The number of aldehydes is 1. The predicted molar refractivity (Wildman–Crippen MR) is 63.2 cm³/mol. The van der Waals surface area contributed by atoms with Crippen molar-refractivity contribution < 1.29 is 9.59 Å². The first-order chi connectivity index (χ1) is 7.77. The topological polar surface area (TPSA) is 49.4 Å². The van der Waals surface area contributed by atoms with Crippen LogP contribution in [0.1, 0.15) is 39.0 Å². The van der Waals surface area contributed by atoms with Crippen LogP contribution in [-0.4, -0.2) is 42.8 Å². The first kappa shape index (κ1) is 13.2. The van der Waals surface area contributed by atoms with E-state index >= 15 is 0 Å². The molecule has 16 heavy (non-hydrogen) atoms. The lowest BCUT2D eigenvalue weighted by atomic mass is 10.2. The van der Waals surface area contributed by atoms with Crippen LogP contribution in [0, 0.1) is 0 Å². The molecule has 0 radical (unpaired) electrons. The summed E-state index contributed by atoms with van der Waals surface area (Å²) in [4.78, 5) is 23.9. The van der Waals surface area contributed by atoms with Gasteiger partial charge in [-0.2, -0.15) is 0 Å². The molecule has 4 heteroatoms. The molecule has 4 nitrogen and oxygen atoms in total. The van der Waals surface area contributed by atoms with E-state index in [1.807, 2.05) is 0 Å². The maximum Gasteiger partial charge on any atom is 0.234 e. The SMILES string of the molecule is [13CH3][13CH2]CC1CCCN1[13CH2]C(=O)[15NH]CC[13CH]=O. The highest BCUT2D eigenvalue weighted by Gasteiger charge is 2.24. The first-order valence-electron chi connectivity index (χ1n) is 6.22. The van der Waals surface area contributed by atoms with Crippen LogP contribution in [0.2, 0.25) is 0 Å². The van der Waals surface area contributed by atoms with Gasteiger partial charge in [0.15, 0.2) is 0 Å². The summed E-state index contributed by atoms with van der Waals surface area (Å²) in [5.41, 5.74) is 0. The van der Waals surface area contributed by atoms with E-state index in [1.165, 1.54) is 25.7 Å². The third-order valence-corrected chi connectivity index (χ3v) is 3.05. The lowest BCUT2D eigenvalue weighted by Gasteiger charge is -2.23. The van der Waals surface area contributed by atoms with Gasteiger partial charge >= 0.3 is 0 Å². The van der Waals surface area contributed by atoms with E-state index < -0.39 is 0 Å². The van der Waals surface area contributed by atoms with Crippen LogP contribution in [0.4, 0.5) is 0 Å². The molecular formula is C12H22N2O2. The zero-order valence-corrected chi connectivity index (χ0v) is 10.1. The number of amides is 1. The monoisotopic (exact) mass is 231 g/mol. The minimum Gasteiger partial charge on any atom is -0.355 e. The van der Waals surface area contributed by atoms with Gasteiger partial charge in [0.05, 0.1) is 6.54 Å². The Balaban J connectivity index is 2.23. The molecule has 1 rings (SSSR count). The summed E-state index contributed by atoms with van der Waals surface area (Å²) in [7, 11) is 0. The van der Waals surface area contributed by atoms with Gasteiger partial charge in [0.1, 0.15) is 6.29 Å². The highest BCUT2D eigenvalue weighted by atomic mass is 16.2. The van der Waals surface area contributed by atoms with Gasteiger partial charge in [-0.15, -0.1) is 0 Å². The number of nitrogens with zero attached hydrogens (tertiary/aromatic N) is 1. The molecule has 1 amide bonds. The number of rotatable bonds is 7. The molecule has 0 saturated carbocycles. The normalized spacial score (nSPS) is 20.9. The highest BCUT2D eigenvalue weighted by Crippen LogP contribution is 2.20. The zero-order valence-electron chi connectivity index (χ0n) is 10.1. The van der Waals surface area contributed by atoms with Crippen molar-refractivity contribution in [3.63, 3.8) is 0 Å². The number of likely N-dealkylation sites (tertiary alicyclic amines) is 1. The zero-order chi connectivity index (χ0) is 11.8. The van der Waals surface area contributed by atoms with E-state index in [0.717, 1.165) is 12.8 Å². The summed E-state index contributed by atoms with van der Waals surface area (Å²) in [5.74, 6) is 0.0462. The van der Waals surface area contributed by atoms with Crippen molar-refractivity contribution in [3.8, 4) is 0 Å². The van der Waals surface area contributed by atoms with E-state index in [9.17, 15) is 9.59 Å². The van der Waals surface area contributed by atoms with Gasteiger partial charge in [0.25, 0.3) is 0 Å². The molecule has 1 saturated heterocycles. The molecular weight excluding hydrogens is 209 g/mol. The van der Waals surface area contributed by atoms with Gasteiger partial charge < -0.3 is 10.1 Å². The summed E-state index contributed by atoms with van der Waals surface area (Å²) < 4.78 is 0. The average molecular weight is 231 g/mol. The first-order valence-corrected chi connectivity index (χ1v) is 6.22. The van der Waals surface area contributed by atoms with Crippen molar-refractivity contribution in [1.29, 1.82) is 0 Å². The maximum absolute atomic E-state index is 11.6. The lowest BCUT2D eigenvalue weighted by molar-refractivity contribution is -0.122. The Kier molecular flexibility index (Phi) is 6.08. The van der Waals surface area contributed by atoms with Crippen LogP contribution < -0.4 is 5.32 Å². The Hall–Kier alpha value is -0.900. The predicted octanol–water partition coefficient (Wildman–Crippen LogP) is 0.956. The average Bonchev–Trinajstić information content (AvgIpc) is 2.67. The van der Waals surface area contributed by atoms with Crippen LogP contribution in [0.3, 0.4) is 0 Å². The van der Waals surface area contributed by atoms with Crippen LogP contribution in [0.15, 0.2) is 0 Å². The van der Waals surface area contributed by atoms with Crippen LogP contribution in [0.5, 0.6) is 0 Å². The second-order valence-corrected chi connectivity index (χ2v) is 4.36. The van der Waals surface area contributed by atoms with Crippen molar-refractivity contribution in [3.05, 3.63) is 0 Å². The maximum atomic E-state index is 11.6. The molecule has 0 aromatic heterocycles. The fourth-order valence-corrected chi connectivity index (χ4v) is 2.27. The second-order valence-electron chi connectivity index (χ2n) is 4.36. The number of nitrogens with one attached hydrogen (secondary N) is 1. The summed E-state index contributed by atoms with van der Waals surface area (Å²) in [5, 5.41) is 2.76. The fourth-order valence-electron chi connectivity index (χ4n) is 2.27. The van der Waals surface area contributed by atoms with Crippen molar-refractivity contribution in [2.75, 3.05) is 19.6 Å². The molecule has 1 unspecified atom stereocenters. The Morgan fingerprint density at radius 3 is 3.06 bits per heavy atom. The van der Waals surface area contributed by atoms with Crippen LogP contribution in [-0.2, 0) is 9.59 Å². The smallest absolute Gasteiger partial charge is 0.234 e. The fraction of sp³-hybridized carbons (Fsp3) is 0.833. The van der Waals surface area contributed by atoms with Crippen LogP contribution in [0.25, 0.3) is 0 Å². The van der Waals surface area contributed by atoms with E-state index in [0.29, 0.717) is 25.6 Å². The minimum absolute atomic E-state index is 0.0462. The van der Waals surface area contributed by atoms with Gasteiger partial charge in [-0.25, -0.2) is 0 Å². The molecule has 1 N–H and O–H groups in total. The Morgan fingerprint density at radius 2 is 2.38 bits per heavy atom. The number of hydrogen-bond acceptors (Lipinski definition) is 3. The van der Waals surface area contributed by atoms with Crippen molar-refractivity contribution in [1.82, 2.24) is 10.2 Å². The number of carbonyl (C=O) groups is 2. The van der Waals surface area contributed by atoms with E-state index in [2.05, 4.69) is 17.1 Å². The summed E-state index contributed by atoms with van der Waals surface area (Å²) in [6, 6.07) is 0.585. The number of carbonyl (C=O) groups excluding carboxylic acids is 2. The van der Waals surface area contributed by atoms with Gasteiger partial charge in [0, 0.05) is 19.0 Å². The van der Waals surface area contributed by atoms with Gasteiger partial charge in [-0.3, -0.25) is 9.69 Å². The third kappa shape index (κ3) is 4.31. The van der Waals surface area contributed by atoms with Crippen molar-refractivity contribution in [2.24, 2.45) is 0 Å². The van der Waals surface area contributed by atoms with Gasteiger partial charge in [-0.05, 0) is 25.8 Å². The lowest BCUT2D eigenvalue weighted by Crippen LogP contribution is -2.40. The molecule has 1 heterocycles. The molecule has 1 aliphatic heterocycles. The minimum atomic E-state index is 0.0462. The van der Waals surface area contributed by atoms with E-state index in [1.54, 1.807) is 0 Å². The standard InChI is InChI=1S/C12H22N2O2/c1-2-5-11-6-3-8-14(11)10-12(16)13-7-4-9-15/h9,11H,2-8,10H2,1H3,(H,13,16)/i1+1,2+1,9+1,10+1,13+1. The van der Waals surface area contributed by atoms with E-state index in [-0.39, 0.29) is 5.91 Å². The Bertz CT molecular complexity index is 231. The highest BCUT2D eigenvalue weighted by molar-refractivity contribution is 5.78. The Labute approximate surface area is 97.4 Å². The second kappa shape index (κ2) is 7.39. The molecule has 1 aliphatic rings.